The second-order valence-electron chi connectivity index (χ2n) is 6.09. The van der Waals surface area contributed by atoms with Gasteiger partial charge in [0.1, 0.15) is 11.4 Å². The Balaban J connectivity index is 1.80. The molecule has 0 bridgehead atoms. The van der Waals surface area contributed by atoms with Gasteiger partial charge in [-0.2, -0.15) is 0 Å². The molecular formula is C19H19FN2O3. The van der Waals surface area contributed by atoms with Crippen molar-refractivity contribution in [3.05, 3.63) is 54.0 Å². The van der Waals surface area contributed by atoms with E-state index in [1.807, 2.05) is 24.3 Å². The van der Waals surface area contributed by atoms with Crippen molar-refractivity contribution in [3.8, 4) is 11.3 Å². The van der Waals surface area contributed by atoms with Gasteiger partial charge < -0.3 is 10.1 Å². The quantitative estimate of drug-likeness (QED) is 0.848. The zero-order chi connectivity index (χ0) is 17.9. The Hall–Kier alpha value is -2.76. The highest BCUT2D eigenvalue weighted by molar-refractivity contribution is 5.92. The molecule has 0 aliphatic carbocycles. The van der Waals surface area contributed by atoms with Crippen molar-refractivity contribution in [1.82, 2.24) is 10.3 Å². The van der Waals surface area contributed by atoms with Crippen molar-refractivity contribution in [2.24, 2.45) is 0 Å². The fraction of sp³-hybridized carbons (Fsp3) is 0.316. The lowest BCUT2D eigenvalue weighted by Crippen LogP contribution is -2.51. The summed E-state index contributed by atoms with van der Waals surface area (Å²) in [6.45, 7) is 2.01. The van der Waals surface area contributed by atoms with E-state index < -0.39 is 11.5 Å². The van der Waals surface area contributed by atoms with Gasteiger partial charge in [0.05, 0.1) is 18.5 Å². The van der Waals surface area contributed by atoms with Crippen LogP contribution in [0.1, 0.15) is 25.3 Å². The standard InChI is InChI=1S/C19H19FN2O3/c1-2-25-18(24)19(10-9-17(23)22-19)11-13-3-5-14(6-4-13)16-8-7-15(20)12-21-16/h3-8,12H,2,9-11H2,1H3,(H,22,23). The third kappa shape index (κ3) is 3.68. The van der Waals surface area contributed by atoms with E-state index in [1.54, 1.807) is 13.0 Å². The van der Waals surface area contributed by atoms with E-state index in [9.17, 15) is 14.0 Å². The summed E-state index contributed by atoms with van der Waals surface area (Å²) in [6.07, 6.45) is 2.28. The molecule has 25 heavy (non-hydrogen) atoms. The molecule has 5 nitrogen and oxygen atoms in total. The summed E-state index contributed by atoms with van der Waals surface area (Å²) in [5.74, 6) is -0.918. The maximum Gasteiger partial charge on any atom is 0.332 e. The summed E-state index contributed by atoms with van der Waals surface area (Å²) < 4.78 is 18.1. The van der Waals surface area contributed by atoms with Crippen molar-refractivity contribution in [1.29, 1.82) is 0 Å². The van der Waals surface area contributed by atoms with Crippen LogP contribution < -0.4 is 5.32 Å². The molecule has 6 heteroatoms. The first kappa shape index (κ1) is 17.1. The second-order valence-corrected chi connectivity index (χ2v) is 6.09. The summed E-state index contributed by atoms with van der Waals surface area (Å²) in [4.78, 5) is 28.1. The molecular weight excluding hydrogens is 323 g/mol. The van der Waals surface area contributed by atoms with Gasteiger partial charge in [0, 0.05) is 18.4 Å². The van der Waals surface area contributed by atoms with Crippen LogP contribution >= 0.6 is 0 Å². The van der Waals surface area contributed by atoms with E-state index in [1.165, 1.54) is 12.3 Å². The zero-order valence-corrected chi connectivity index (χ0v) is 13.9. The van der Waals surface area contributed by atoms with Gasteiger partial charge in [-0.3, -0.25) is 9.78 Å². The Morgan fingerprint density at radius 1 is 1.28 bits per heavy atom. The van der Waals surface area contributed by atoms with Gasteiger partial charge in [-0.1, -0.05) is 24.3 Å². The number of hydrogen-bond acceptors (Lipinski definition) is 4. The highest BCUT2D eigenvalue weighted by Crippen LogP contribution is 2.27. The largest absolute Gasteiger partial charge is 0.464 e. The number of amides is 1. The molecule has 0 spiro atoms. The molecule has 1 atom stereocenters. The van der Waals surface area contributed by atoms with Crippen LogP contribution in [0.2, 0.25) is 0 Å². The molecule has 0 radical (unpaired) electrons. The molecule has 0 saturated carbocycles. The van der Waals surface area contributed by atoms with Crippen LogP contribution in [0.25, 0.3) is 11.3 Å². The molecule has 1 amide bonds. The third-order valence-electron chi connectivity index (χ3n) is 4.31. The summed E-state index contributed by atoms with van der Waals surface area (Å²) in [5, 5.41) is 2.79. The van der Waals surface area contributed by atoms with Gasteiger partial charge in [0.15, 0.2) is 0 Å². The number of nitrogens with zero attached hydrogens (tertiary/aromatic N) is 1. The van der Waals surface area contributed by atoms with Crippen molar-refractivity contribution in [3.63, 3.8) is 0 Å². The lowest BCUT2D eigenvalue weighted by atomic mass is 9.89. The van der Waals surface area contributed by atoms with Gasteiger partial charge in [-0.15, -0.1) is 0 Å². The number of ether oxygens (including phenoxy) is 1. The zero-order valence-electron chi connectivity index (χ0n) is 13.9. The maximum atomic E-state index is 13.0. The highest BCUT2D eigenvalue weighted by atomic mass is 19.1. The number of benzene rings is 1. The number of rotatable bonds is 5. The summed E-state index contributed by atoms with van der Waals surface area (Å²) >= 11 is 0. The predicted molar refractivity (Wildman–Crippen MR) is 90.1 cm³/mol. The molecule has 2 heterocycles. The normalized spacial score (nSPS) is 19.5. The fourth-order valence-corrected chi connectivity index (χ4v) is 3.03. The average Bonchev–Trinajstić information content (AvgIpc) is 2.99. The molecule has 3 rings (SSSR count). The minimum absolute atomic E-state index is 0.139. The van der Waals surface area contributed by atoms with Gasteiger partial charge >= 0.3 is 5.97 Å². The summed E-state index contributed by atoms with van der Waals surface area (Å²) in [7, 11) is 0. The Morgan fingerprint density at radius 3 is 2.60 bits per heavy atom. The monoisotopic (exact) mass is 342 g/mol. The van der Waals surface area contributed by atoms with Crippen LogP contribution in [0.4, 0.5) is 4.39 Å². The first-order valence-electron chi connectivity index (χ1n) is 8.21. The smallest absolute Gasteiger partial charge is 0.332 e. The number of carbonyl (C=O) groups is 2. The fourth-order valence-electron chi connectivity index (χ4n) is 3.03. The predicted octanol–water partition coefficient (Wildman–Crippen LogP) is 2.64. The number of hydrogen-bond donors (Lipinski definition) is 1. The Bertz CT molecular complexity index is 774. The highest BCUT2D eigenvalue weighted by Gasteiger charge is 2.45. The lowest BCUT2D eigenvalue weighted by Gasteiger charge is -2.26. The molecule has 1 N–H and O–H groups in total. The van der Waals surface area contributed by atoms with Gasteiger partial charge in [0.25, 0.3) is 0 Å². The van der Waals surface area contributed by atoms with Crippen molar-refractivity contribution < 1.29 is 18.7 Å². The van der Waals surface area contributed by atoms with Crippen LogP contribution in [0.15, 0.2) is 42.6 Å². The maximum absolute atomic E-state index is 13.0. The number of halogens is 1. The molecule has 1 unspecified atom stereocenters. The first-order valence-corrected chi connectivity index (χ1v) is 8.21. The number of aromatic nitrogens is 1. The van der Waals surface area contributed by atoms with Crippen LogP contribution in [0.5, 0.6) is 0 Å². The number of esters is 1. The molecule has 1 aromatic carbocycles. The van der Waals surface area contributed by atoms with E-state index in [-0.39, 0.29) is 18.3 Å². The third-order valence-corrected chi connectivity index (χ3v) is 4.31. The Labute approximate surface area is 145 Å². The van der Waals surface area contributed by atoms with Crippen LogP contribution in [-0.4, -0.2) is 29.0 Å². The van der Waals surface area contributed by atoms with Gasteiger partial charge in [-0.25, -0.2) is 9.18 Å². The van der Waals surface area contributed by atoms with Crippen LogP contribution in [0, 0.1) is 5.82 Å². The van der Waals surface area contributed by atoms with Crippen LogP contribution in [-0.2, 0) is 20.7 Å². The second kappa shape index (κ2) is 7.01. The number of carbonyl (C=O) groups excluding carboxylic acids is 2. The molecule has 1 fully saturated rings. The molecule has 2 aromatic rings. The van der Waals surface area contributed by atoms with E-state index in [0.29, 0.717) is 25.0 Å². The van der Waals surface area contributed by atoms with E-state index in [0.717, 1.165) is 11.1 Å². The Morgan fingerprint density at radius 2 is 2.04 bits per heavy atom. The van der Waals surface area contributed by atoms with Crippen molar-refractivity contribution >= 4 is 11.9 Å². The minimum Gasteiger partial charge on any atom is -0.464 e. The molecule has 130 valence electrons. The number of pyridine rings is 1. The summed E-state index contributed by atoms with van der Waals surface area (Å²) in [6, 6.07) is 10.5. The molecule has 1 aromatic heterocycles. The van der Waals surface area contributed by atoms with Gasteiger partial charge in [0.2, 0.25) is 5.91 Å². The Kier molecular flexibility index (Phi) is 4.79. The molecule has 1 aliphatic rings. The lowest BCUT2D eigenvalue weighted by molar-refractivity contribution is -0.151. The molecule has 1 saturated heterocycles. The minimum atomic E-state index is -0.997. The van der Waals surface area contributed by atoms with E-state index >= 15 is 0 Å². The summed E-state index contributed by atoms with van der Waals surface area (Å²) in [5.41, 5.74) is 1.43. The van der Waals surface area contributed by atoms with E-state index in [2.05, 4.69) is 10.3 Å². The molecule has 1 aliphatic heterocycles. The van der Waals surface area contributed by atoms with Gasteiger partial charge in [-0.05, 0) is 31.0 Å². The number of nitrogens with one attached hydrogen (secondary N) is 1. The topological polar surface area (TPSA) is 68.3 Å². The SMILES string of the molecule is CCOC(=O)C1(Cc2ccc(-c3ccc(F)cn3)cc2)CCC(=O)N1. The average molecular weight is 342 g/mol. The first-order chi connectivity index (χ1) is 12.0. The van der Waals surface area contributed by atoms with Crippen molar-refractivity contribution in [2.45, 2.75) is 31.7 Å². The van der Waals surface area contributed by atoms with Crippen molar-refractivity contribution in [2.75, 3.05) is 6.61 Å². The van der Waals surface area contributed by atoms with Crippen LogP contribution in [0.3, 0.4) is 0 Å². The van der Waals surface area contributed by atoms with E-state index in [4.69, 9.17) is 4.74 Å².